The number of hydrogen-bond donors (Lipinski definition) is 1. The van der Waals surface area contributed by atoms with Gasteiger partial charge in [0.1, 0.15) is 5.82 Å². The minimum absolute atomic E-state index is 0.0131. The number of carbonyl (C=O) groups is 1. The third-order valence-corrected chi connectivity index (χ3v) is 3.87. The van der Waals surface area contributed by atoms with E-state index >= 15 is 0 Å². The third kappa shape index (κ3) is 1.56. The summed E-state index contributed by atoms with van der Waals surface area (Å²) in [6, 6.07) is 0. The van der Waals surface area contributed by atoms with E-state index in [0.29, 0.717) is 0 Å². The molecule has 0 radical (unpaired) electrons. The second-order valence-electron chi connectivity index (χ2n) is 4.99. The summed E-state index contributed by atoms with van der Waals surface area (Å²) >= 11 is 0. The van der Waals surface area contributed by atoms with Crippen molar-refractivity contribution in [2.45, 2.75) is 45.4 Å². The molecule has 3 heteroatoms. The minimum atomic E-state index is -0.0557. The summed E-state index contributed by atoms with van der Waals surface area (Å²) < 4.78 is 14.3. The lowest BCUT2D eigenvalue weighted by Gasteiger charge is -2.16. The summed E-state index contributed by atoms with van der Waals surface area (Å²) in [5, 5.41) is 2.93. The van der Waals surface area contributed by atoms with E-state index in [1.165, 1.54) is 6.92 Å². The van der Waals surface area contributed by atoms with Crippen LogP contribution in [0.3, 0.4) is 0 Å². The third-order valence-electron chi connectivity index (χ3n) is 3.87. The Morgan fingerprint density at radius 2 is 1.47 bits per heavy atom. The Hall–Kier alpha value is -1.38. The second kappa shape index (κ2) is 3.83. The van der Waals surface area contributed by atoms with Gasteiger partial charge in [0.15, 0.2) is 0 Å². The zero-order chi connectivity index (χ0) is 12.0. The lowest BCUT2D eigenvalue weighted by molar-refractivity contribution is -0.114. The molecule has 1 aromatic carbocycles. The average Bonchev–Trinajstić information content (AvgIpc) is 2.92. The fourth-order valence-corrected chi connectivity index (χ4v) is 3.21. The molecule has 0 saturated carbocycles. The van der Waals surface area contributed by atoms with Crippen molar-refractivity contribution in [1.29, 1.82) is 0 Å². The zero-order valence-corrected chi connectivity index (χ0v) is 10.0. The number of rotatable bonds is 1. The number of benzene rings is 1. The summed E-state index contributed by atoms with van der Waals surface area (Å²) in [7, 11) is 0. The number of anilines is 1. The van der Waals surface area contributed by atoms with Crippen LogP contribution in [0.5, 0.6) is 0 Å². The van der Waals surface area contributed by atoms with Crippen LogP contribution in [0.15, 0.2) is 0 Å². The fraction of sp³-hybridized carbons (Fsp3) is 0.500. The molecule has 2 nitrogen and oxygen atoms in total. The first-order valence-electron chi connectivity index (χ1n) is 6.31. The van der Waals surface area contributed by atoms with Crippen LogP contribution in [0, 0.1) is 5.82 Å². The van der Waals surface area contributed by atoms with Crippen molar-refractivity contribution in [3.63, 3.8) is 0 Å². The van der Waals surface area contributed by atoms with Crippen molar-refractivity contribution in [3.05, 3.63) is 28.1 Å². The number of amides is 1. The number of halogens is 1. The normalized spacial score (nSPS) is 16.8. The van der Waals surface area contributed by atoms with Crippen LogP contribution in [0.2, 0.25) is 0 Å². The van der Waals surface area contributed by atoms with Crippen LogP contribution in [0.25, 0.3) is 0 Å². The van der Waals surface area contributed by atoms with E-state index in [9.17, 15) is 9.18 Å². The predicted molar refractivity (Wildman–Crippen MR) is 64.8 cm³/mol. The Balaban J connectivity index is 2.22. The molecule has 0 bridgehead atoms. The highest BCUT2D eigenvalue weighted by atomic mass is 19.1. The zero-order valence-electron chi connectivity index (χ0n) is 10.0. The van der Waals surface area contributed by atoms with Gasteiger partial charge in [-0.1, -0.05) is 0 Å². The van der Waals surface area contributed by atoms with E-state index in [1.807, 2.05) is 0 Å². The smallest absolute Gasteiger partial charge is 0.221 e. The Morgan fingerprint density at radius 1 is 1.00 bits per heavy atom. The van der Waals surface area contributed by atoms with Crippen molar-refractivity contribution >= 4 is 11.6 Å². The molecule has 0 fully saturated rings. The fourth-order valence-electron chi connectivity index (χ4n) is 3.21. The molecule has 2 aliphatic rings. The molecule has 0 aromatic heterocycles. The van der Waals surface area contributed by atoms with E-state index in [-0.39, 0.29) is 11.7 Å². The number of hydrogen-bond acceptors (Lipinski definition) is 1. The van der Waals surface area contributed by atoms with E-state index in [1.54, 1.807) is 0 Å². The highest BCUT2D eigenvalue weighted by molar-refractivity contribution is 5.91. The van der Waals surface area contributed by atoms with Gasteiger partial charge >= 0.3 is 0 Å². The molecule has 17 heavy (non-hydrogen) atoms. The monoisotopic (exact) mass is 233 g/mol. The standard InChI is InChI=1S/C14H16FNO/c1-8(17)16-14-11-6-2-4-9(11)13(15)10-5-3-7-12(10)14/h2-7H2,1H3,(H,16,17). The van der Waals surface area contributed by atoms with Crippen molar-refractivity contribution in [2.75, 3.05) is 5.32 Å². The molecule has 2 aliphatic carbocycles. The largest absolute Gasteiger partial charge is 0.326 e. The van der Waals surface area contributed by atoms with Gasteiger partial charge in [0, 0.05) is 12.6 Å². The van der Waals surface area contributed by atoms with Crippen LogP contribution in [-0.4, -0.2) is 5.91 Å². The topological polar surface area (TPSA) is 29.1 Å². The van der Waals surface area contributed by atoms with Crippen molar-refractivity contribution in [3.8, 4) is 0 Å². The van der Waals surface area contributed by atoms with Gasteiger partial charge in [0.05, 0.1) is 0 Å². The summed E-state index contributed by atoms with van der Waals surface area (Å²) in [5.74, 6) is -0.0427. The number of fused-ring (bicyclic) bond motifs is 2. The number of nitrogens with one attached hydrogen (secondary N) is 1. The maximum absolute atomic E-state index is 14.3. The Kier molecular flexibility index (Phi) is 2.42. The quantitative estimate of drug-likeness (QED) is 0.794. The molecule has 0 saturated heterocycles. The van der Waals surface area contributed by atoms with Gasteiger partial charge in [-0.2, -0.15) is 0 Å². The lowest BCUT2D eigenvalue weighted by atomic mass is 9.97. The highest BCUT2D eigenvalue weighted by Gasteiger charge is 2.29. The molecule has 1 aromatic rings. The van der Waals surface area contributed by atoms with E-state index in [0.717, 1.165) is 66.5 Å². The molecular weight excluding hydrogens is 217 g/mol. The van der Waals surface area contributed by atoms with Gasteiger partial charge in [-0.15, -0.1) is 0 Å². The lowest BCUT2D eigenvalue weighted by Crippen LogP contribution is -2.12. The first kappa shape index (κ1) is 10.8. The summed E-state index contributed by atoms with van der Waals surface area (Å²) in [4.78, 5) is 11.3. The summed E-state index contributed by atoms with van der Waals surface area (Å²) in [6.07, 6.45) is 5.44. The Labute approximate surface area is 100 Å². The highest BCUT2D eigenvalue weighted by Crippen LogP contribution is 2.40. The second-order valence-corrected chi connectivity index (χ2v) is 4.99. The molecule has 0 spiro atoms. The SMILES string of the molecule is CC(=O)Nc1c2c(c(F)c3c1CCC3)CCC2. The van der Waals surface area contributed by atoms with Gasteiger partial charge in [0.2, 0.25) is 5.91 Å². The molecule has 0 atom stereocenters. The molecule has 0 heterocycles. The maximum Gasteiger partial charge on any atom is 0.221 e. The van der Waals surface area contributed by atoms with Crippen LogP contribution < -0.4 is 5.32 Å². The first-order valence-corrected chi connectivity index (χ1v) is 6.31. The van der Waals surface area contributed by atoms with Crippen LogP contribution in [-0.2, 0) is 30.5 Å². The molecule has 3 rings (SSSR count). The van der Waals surface area contributed by atoms with E-state index in [2.05, 4.69) is 5.32 Å². The minimum Gasteiger partial charge on any atom is -0.326 e. The Morgan fingerprint density at radius 3 is 1.94 bits per heavy atom. The molecule has 0 unspecified atom stereocenters. The summed E-state index contributed by atoms with van der Waals surface area (Å²) in [6.45, 7) is 1.52. The molecule has 1 N–H and O–H groups in total. The Bertz CT molecular complexity index is 472. The molecule has 0 aliphatic heterocycles. The number of carbonyl (C=O) groups excluding carboxylic acids is 1. The van der Waals surface area contributed by atoms with Gasteiger partial charge in [0.25, 0.3) is 0 Å². The van der Waals surface area contributed by atoms with Crippen LogP contribution in [0.4, 0.5) is 10.1 Å². The predicted octanol–water partition coefficient (Wildman–Crippen LogP) is 2.76. The molecular formula is C14H16FNO. The van der Waals surface area contributed by atoms with Gasteiger partial charge < -0.3 is 5.32 Å². The first-order chi connectivity index (χ1) is 8.18. The van der Waals surface area contributed by atoms with Crippen molar-refractivity contribution in [1.82, 2.24) is 0 Å². The molecule has 1 amide bonds. The van der Waals surface area contributed by atoms with Gasteiger partial charge in [-0.05, 0) is 60.8 Å². The molecule has 90 valence electrons. The van der Waals surface area contributed by atoms with Gasteiger partial charge in [-0.3, -0.25) is 4.79 Å². The van der Waals surface area contributed by atoms with E-state index < -0.39 is 0 Å². The van der Waals surface area contributed by atoms with Crippen molar-refractivity contribution in [2.24, 2.45) is 0 Å². The maximum atomic E-state index is 14.3. The van der Waals surface area contributed by atoms with Crippen LogP contribution in [0.1, 0.15) is 42.0 Å². The van der Waals surface area contributed by atoms with Crippen molar-refractivity contribution < 1.29 is 9.18 Å². The summed E-state index contributed by atoms with van der Waals surface area (Å²) in [5.41, 5.74) is 4.75. The van der Waals surface area contributed by atoms with Crippen LogP contribution >= 0.6 is 0 Å². The average molecular weight is 233 g/mol. The van der Waals surface area contributed by atoms with Gasteiger partial charge in [-0.25, -0.2) is 4.39 Å². The van der Waals surface area contributed by atoms with E-state index in [4.69, 9.17) is 0 Å².